The molecule has 1 heterocycles. The van der Waals surface area contributed by atoms with Crippen LogP contribution < -0.4 is 0 Å². The summed E-state index contributed by atoms with van der Waals surface area (Å²) in [5, 5.41) is 0. The van der Waals surface area contributed by atoms with Crippen LogP contribution in [0.15, 0.2) is 31.4 Å². The summed E-state index contributed by atoms with van der Waals surface area (Å²) < 4.78 is 0. The second-order valence-corrected chi connectivity index (χ2v) is 3.42. The maximum atomic E-state index is 11.7. The highest BCUT2D eigenvalue weighted by atomic mass is 16.2. The van der Waals surface area contributed by atoms with Gasteiger partial charge in [-0.15, -0.1) is 13.2 Å². The van der Waals surface area contributed by atoms with E-state index in [4.69, 9.17) is 0 Å². The van der Waals surface area contributed by atoms with Crippen molar-refractivity contribution in [2.45, 2.75) is 20.4 Å². The largest absolute Gasteiger partial charge is 0.335 e. The number of hydrogen-bond donors (Lipinski definition) is 0. The first kappa shape index (κ1) is 11.5. The molecule has 0 saturated heterocycles. The summed E-state index contributed by atoms with van der Waals surface area (Å²) in [6.45, 7) is 11.7. The second-order valence-electron chi connectivity index (χ2n) is 3.42. The van der Waals surface area contributed by atoms with Crippen LogP contribution in [0, 0.1) is 6.92 Å². The van der Waals surface area contributed by atoms with Gasteiger partial charge in [0.1, 0.15) is 0 Å². The van der Waals surface area contributed by atoms with Gasteiger partial charge in [0, 0.05) is 18.7 Å². The predicted octanol–water partition coefficient (Wildman–Crippen LogP) is 2.77. The van der Waals surface area contributed by atoms with Crippen molar-refractivity contribution in [2.75, 3.05) is 6.54 Å². The van der Waals surface area contributed by atoms with Gasteiger partial charge in [-0.2, -0.15) is 0 Å². The zero-order valence-electron chi connectivity index (χ0n) is 9.42. The van der Waals surface area contributed by atoms with Crippen LogP contribution >= 0.6 is 0 Å². The molecule has 1 aliphatic heterocycles. The van der Waals surface area contributed by atoms with Gasteiger partial charge < -0.3 is 4.90 Å². The van der Waals surface area contributed by atoms with Gasteiger partial charge in [0.25, 0.3) is 5.91 Å². The topological polar surface area (TPSA) is 20.3 Å². The molecule has 0 unspecified atom stereocenters. The molecule has 1 amide bonds. The average molecular weight is 203 g/mol. The Hall–Kier alpha value is -1.57. The Labute approximate surface area is 91.2 Å². The first-order chi connectivity index (χ1) is 7.24. The van der Waals surface area contributed by atoms with Crippen LogP contribution in [0.4, 0.5) is 0 Å². The third-order valence-electron chi connectivity index (χ3n) is 2.66. The highest BCUT2D eigenvalue weighted by molar-refractivity contribution is 5.98. The minimum absolute atomic E-state index is 0.182. The monoisotopic (exact) mass is 203 g/mol. The second kappa shape index (κ2) is 4.78. The molecule has 0 atom stereocenters. The Kier molecular flexibility index (Phi) is 3.67. The SMILES string of the molecule is C=C.CCN1Cc2c(C)cccc2C1=O. The molecular formula is C13H17NO. The molecule has 0 spiro atoms. The standard InChI is InChI=1S/C11H13NO.C2H4/c1-3-12-7-10-8(2)5-4-6-9(10)11(12)13;1-2/h4-6H,3,7H2,1-2H3;1-2H2. The number of carbonyl (C=O) groups excluding carboxylic acids is 1. The van der Waals surface area contributed by atoms with Crippen molar-refractivity contribution in [2.24, 2.45) is 0 Å². The van der Waals surface area contributed by atoms with Crippen LogP contribution in [-0.4, -0.2) is 17.4 Å². The number of benzene rings is 1. The third-order valence-corrected chi connectivity index (χ3v) is 2.66. The third kappa shape index (κ3) is 1.94. The van der Waals surface area contributed by atoms with Crippen molar-refractivity contribution in [3.05, 3.63) is 48.0 Å². The molecule has 0 radical (unpaired) electrons. The lowest BCUT2D eigenvalue weighted by molar-refractivity contribution is 0.0787. The van der Waals surface area contributed by atoms with E-state index in [1.165, 1.54) is 11.1 Å². The molecule has 0 N–H and O–H groups in total. The van der Waals surface area contributed by atoms with Gasteiger partial charge in [-0.1, -0.05) is 12.1 Å². The average Bonchev–Trinajstić information content (AvgIpc) is 2.61. The minimum Gasteiger partial charge on any atom is -0.335 e. The van der Waals surface area contributed by atoms with Gasteiger partial charge in [-0.3, -0.25) is 4.79 Å². The van der Waals surface area contributed by atoms with E-state index in [9.17, 15) is 4.79 Å². The summed E-state index contributed by atoms with van der Waals surface area (Å²) in [4.78, 5) is 13.6. The summed E-state index contributed by atoms with van der Waals surface area (Å²) in [7, 11) is 0. The lowest BCUT2D eigenvalue weighted by atomic mass is 10.1. The molecule has 2 heteroatoms. The highest BCUT2D eigenvalue weighted by Gasteiger charge is 2.26. The Bertz CT molecular complexity index is 371. The van der Waals surface area contributed by atoms with Gasteiger partial charge in [0.05, 0.1) is 0 Å². The van der Waals surface area contributed by atoms with Crippen molar-refractivity contribution in [1.82, 2.24) is 4.90 Å². The van der Waals surface area contributed by atoms with E-state index in [1.807, 2.05) is 24.0 Å². The van der Waals surface area contributed by atoms with Gasteiger partial charge in [-0.05, 0) is 31.0 Å². The van der Waals surface area contributed by atoms with Crippen LogP contribution in [0.3, 0.4) is 0 Å². The van der Waals surface area contributed by atoms with Gasteiger partial charge in [-0.25, -0.2) is 0 Å². The van der Waals surface area contributed by atoms with Crippen molar-refractivity contribution < 1.29 is 4.79 Å². The number of amides is 1. The van der Waals surface area contributed by atoms with Crippen LogP contribution in [-0.2, 0) is 6.54 Å². The number of aryl methyl sites for hydroxylation is 1. The summed E-state index contributed by atoms with van der Waals surface area (Å²) >= 11 is 0. The first-order valence-electron chi connectivity index (χ1n) is 5.11. The molecule has 0 saturated carbocycles. The van der Waals surface area contributed by atoms with Crippen molar-refractivity contribution >= 4 is 5.91 Å². The van der Waals surface area contributed by atoms with E-state index in [1.54, 1.807) is 0 Å². The molecule has 1 aromatic carbocycles. The Morgan fingerprint density at radius 2 is 2.07 bits per heavy atom. The van der Waals surface area contributed by atoms with Crippen molar-refractivity contribution in [3.8, 4) is 0 Å². The normalized spacial score (nSPS) is 13.2. The molecule has 2 rings (SSSR count). The Morgan fingerprint density at radius 3 is 2.60 bits per heavy atom. The quantitative estimate of drug-likeness (QED) is 0.643. The molecule has 1 aromatic rings. The van der Waals surface area contributed by atoms with Gasteiger partial charge in [0.15, 0.2) is 0 Å². The van der Waals surface area contributed by atoms with Crippen molar-refractivity contribution in [3.63, 3.8) is 0 Å². The van der Waals surface area contributed by atoms with E-state index in [0.717, 1.165) is 18.7 Å². The van der Waals surface area contributed by atoms with Crippen molar-refractivity contribution in [1.29, 1.82) is 0 Å². The molecule has 1 aliphatic rings. The van der Waals surface area contributed by atoms with Crippen LogP contribution in [0.1, 0.15) is 28.4 Å². The minimum atomic E-state index is 0.182. The van der Waals surface area contributed by atoms with Crippen LogP contribution in [0.2, 0.25) is 0 Å². The zero-order chi connectivity index (χ0) is 11.4. The van der Waals surface area contributed by atoms with E-state index < -0.39 is 0 Å². The predicted molar refractivity (Wildman–Crippen MR) is 62.8 cm³/mol. The Morgan fingerprint density at radius 1 is 1.40 bits per heavy atom. The number of nitrogens with zero attached hydrogens (tertiary/aromatic N) is 1. The fourth-order valence-corrected chi connectivity index (χ4v) is 1.80. The molecule has 0 bridgehead atoms. The molecule has 80 valence electrons. The summed E-state index contributed by atoms with van der Waals surface area (Å²) in [6, 6.07) is 5.93. The Balaban J connectivity index is 0.000000531. The molecule has 0 fully saturated rings. The van der Waals surface area contributed by atoms with E-state index >= 15 is 0 Å². The maximum absolute atomic E-state index is 11.7. The highest BCUT2D eigenvalue weighted by Crippen LogP contribution is 2.24. The summed E-state index contributed by atoms with van der Waals surface area (Å²) in [5.74, 6) is 0.182. The van der Waals surface area contributed by atoms with Crippen LogP contribution in [0.25, 0.3) is 0 Å². The van der Waals surface area contributed by atoms with Gasteiger partial charge >= 0.3 is 0 Å². The lowest BCUT2D eigenvalue weighted by Crippen LogP contribution is -2.22. The molecular weight excluding hydrogens is 186 g/mol. The molecule has 0 aromatic heterocycles. The smallest absolute Gasteiger partial charge is 0.254 e. The lowest BCUT2D eigenvalue weighted by Gasteiger charge is -2.11. The molecule has 2 nitrogen and oxygen atoms in total. The number of rotatable bonds is 1. The number of fused-ring (bicyclic) bond motifs is 1. The first-order valence-corrected chi connectivity index (χ1v) is 5.11. The molecule has 0 aliphatic carbocycles. The number of carbonyl (C=O) groups is 1. The van der Waals surface area contributed by atoms with Gasteiger partial charge in [0.2, 0.25) is 0 Å². The summed E-state index contributed by atoms with van der Waals surface area (Å²) in [6.07, 6.45) is 0. The van der Waals surface area contributed by atoms with E-state index in [2.05, 4.69) is 26.1 Å². The zero-order valence-corrected chi connectivity index (χ0v) is 9.42. The molecule has 15 heavy (non-hydrogen) atoms. The van der Waals surface area contributed by atoms with E-state index in [-0.39, 0.29) is 5.91 Å². The summed E-state index contributed by atoms with van der Waals surface area (Å²) in [5.41, 5.74) is 3.32. The fraction of sp³-hybridized carbons (Fsp3) is 0.308. The van der Waals surface area contributed by atoms with E-state index in [0.29, 0.717) is 0 Å². The maximum Gasteiger partial charge on any atom is 0.254 e. The fourth-order valence-electron chi connectivity index (χ4n) is 1.80. The van der Waals surface area contributed by atoms with Crippen LogP contribution in [0.5, 0.6) is 0 Å². The number of hydrogen-bond acceptors (Lipinski definition) is 1.